The summed E-state index contributed by atoms with van der Waals surface area (Å²) < 4.78 is 9.67. The average molecular weight is 293 g/mol. The number of methoxy groups -OCH3 is 2. The molecule has 0 bridgehead atoms. The third-order valence-corrected chi connectivity index (χ3v) is 3.05. The molecule has 20 heavy (non-hydrogen) atoms. The largest absolute Gasteiger partial charge is 0.497 e. The van der Waals surface area contributed by atoms with Crippen molar-refractivity contribution in [3.05, 3.63) is 41.2 Å². The third-order valence-electron chi connectivity index (χ3n) is 2.72. The van der Waals surface area contributed by atoms with Crippen LogP contribution in [0.3, 0.4) is 0 Å². The fourth-order valence-corrected chi connectivity index (χ4v) is 1.81. The Morgan fingerprint density at radius 3 is 2.50 bits per heavy atom. The number of benzene rings is 1. The van der Waals surface area contributed by atoms with E-state index in [1.807, 2.05) is 24.3 Å². The molecule has 0 atom stereocenters. The predicted molar refractivity (Wildman–Crippen MR) is 74.8 cm³/mol. The summed E-state index contributed by atoms with van der Waals surface area (Å²) in [5.41, 5.74) is 1.35. The zero-order valence-corrected chi connectivity index (χ0v) is 11.8. The Balaban J connectivity index is 2.25. The third kappa shape index (κ3) is 3.24. The fraction of sp³-hybridized carbons (Fsp3) is 0.214. The van der Waals surface area contributed by atoms with Gasteiger partial charge in [0.05, 0.1) is 20.6 Å². The lowest BCUT2D eigenvalue weighted by atomic mass is 10.2. The lowest BCUT2D eigenvalue weighted by Gasteiger charge is -2.05. The fourth-order valence-electron chi connectivity index (χ4n) is 1.61. The van der Waals surface area contributed by atoms with Crippen LogP contribution in [0, 0.1) is 0 Å². The van der Waals surface area contributed by atoms with Gasteiger partial charge in [-0.2, -0.15) is 0 Å². The van der Waals surface area contributed by atoms with E-state index in [1.165, 1.54) is 13.3 Å². The maximum absolute atomic E-state index is 11.2. The van der Waals surface area contributed by atoms with Crippen molar-refractivity contribution in [2.45, 2.75) is 6.42 Å². The van der Waals surface area contributed by atoms with Crippen LogP contribution >= 0.6 is 11.6 Å². The minimum Gasteiger partial charge on any atom is -0.497 e. The second-order valence-electron chi connectivity index (χ2n) is 3.99. The Kier molecular flexibility index (Phi) is 4.53. The smallest absolute Gasteiger partial charge is 0.310 e. The van der Waals surface area contributed by atoms with E-state index in [-0.39, 0.29) is 17.5 Å². The van der Waals surface area contributed by atoms with Gasteiger partial charge in [-0.1, -0.05) is 11.6 Å². The molecule has 0 saturated carbocycles. The number of aromatic nitrogens is 2. The molecule has 0 aliphatic carbocycles. The van der Waals surface area contributed by atoms with Gasteiger partial charge in [0.25, 0.3) is 0 Å². The second kappa shape index (κ2) is 6.34. The monoisotopic (exact) mass is 292 g/mol. The van der Waals surface area contributed by atoms with Crippen molar-refractivity contribution in [1.29, 1.82) is 0 Å². The summed E-state index contributed by atoms with van der Waals surface area (Å²) in [6.07, 6.45) is 1.59. The zero-order chi connectivity index (χ0) is 14.5. The SMILES string of the molecule is COC(=O)Cc1cnc(-c2ccc(OC)cc2)nc1Cl. The average Bonchev–Trinajstić information content (AvgIpc) is 2.49. The highest BCUT2D eigenvalue weighted by Crippen LogP contribution is 2.22. The molecule has 0 aliphatic heterocycles. The van der Waals surface area contributed by atoms with Gasteiger partial charge in [-0.15, -0.1) is 0 Å². The van der Waals surface area contributed by atoms with E-state index < -0.39 is 0 Å². The van der Waals surface area contributed by atoms with E-state index in [1.54, 1.807) is 7.11 Å². The van der Waals surface area contributed by atoms with Crippen LogP contribution in [-0.4, -0.2) is 30.2 Å². The van der Waals surface area contributed by atoms with Crippen molar-refractivity contribution >= 4 is 17.6 Å². The second-order valence-corrected chi connectivity index (χ2v) is 4.35. The van der Waals surface area contributed by atoms with Crippen LogP contribution in [0.2, 0.25) is 5.15 Å². The first kappa shape index (κ1) is 14.3. The molecule has 1 heterocycles. The van der Waals surface area contributed by atoms with Gasteiger partial charge >= 0.3 is 5.97 Å². The molecular formula is C14H13ClN2O3. The van der Waals surface area contributed by atoms with Crippen LogP contribution < -0.4 is 4.74 Å². The Morgan fingerprint density at radius 1 is 1.25 bits per heavy atom. The first-order valence-corrected chi connectivity index (χ1v) is 6.24. The molecule has 0 amide bonds. The number of ether oxygens (including phenoxy) is 2. The Morgan fingerprint density at radius 2 is 1.95 bits per heavy atom. The number of hydrogen-bond donors (Lipinski definition) is 0. The lowest BCUT2D eigenvalue weighted by molar-refractivity contribution is -0.139. The molecule has 0 radical (unpaired) electrons. The van der Waals surface area contributed by atoms with Crippen molar-refractivity contribution in [3.8, 4) is 17.1 Å². The topological polar surface area (TPSA) is 61.3 Å². The first-order chi connectivity index (χ1) is 9.63. The molecule has 0 unspecified atom stereocenters. The summed E-state index contributed by atoms with van der Waals surface area (Å²) in [5, 5.41) is 0.246. The van der Waals surface area contributed by atoms with Gasteiger partial charge in [0.1, 0.15) is 10.9 Å². The minimum atomic E-state index is -0.382. The number of hydrogen-bond acceptors (Lipinski definition) is 5. The van der Waals surface area contributed by atoms with Crippen LogP contribution in [0.5, 0.6) is 5.75 Å². The molecule has 0 spiro atoms. The van der Waals surface area contributed by atoms with Crippen LogP contribution in [0.15, 0.2) is 30.5 Å². The Labute approximate surface area is 121 Å². The van der Waals surface area contributed by atoms with Gasteiger partial charge in [0, 0.05) is 17.3 Å². The molecular weight excluding hydrogens is 280 g/mol. The molecule has 1 aromatic heterocycles. The molecule has 0 saturated heterocycles. The summed E-state index contributed by atoms with van der Waals surface area (Å²) in [6.45, 7) is 0. The number of carbonyl (C=O) groups is 1. The first-order valence-electron chi connectivity index (χ1n) is 5.86. The molecule has 1 aromatic carbocycles. The lowest BCUT2D eigenvalue weighted by Crippen LogP contribution is -2.06. The van der Waals surface area contributed by atoms with Crippen molar-refractivity contribution in [3.63, 3.8) is 0 Å². The van der Waals surface area contributed by atoms with E-state index in [0.29, 0.717) is 11.4 Å². The number of carbonyl (C=O) groups excluding carboxylic acids is 1. The summed E-state index contributed by atoms with van der Waals surface area (Å²) in [4.78, 5) is 19.6. The van der Waals surface area contributed by atoms with Crippen molar-refractivity contribution in [1.82, 2.24) is 9.97 Å². The summed E-state index contributed by atoms with van der Waals surface area (Å²) in [7, 11) is 2.92. The van der Waals surface area contributed by atoms with Crippen LogP contribution in [0.4, 0.5) is 0 Å². The van der Waals surface area contributed by atoms with Gasteiger partial charge < -0.3 is 9.47 Å². The van der Waals surface area contributed by atoms with Crippen LogP contribution in [-0.2, 0) is 16.0 Å². The van der Waals surface area contributed by atoms with E-state index in [0.717, 1.165) is 11.3 Å². The molecule has 6 heteroatoms. The molecule has 2 rings (SSSR count). The highest BCUT2D eigenvalue weighted by atomic mass is 35.5. The van der Waals surface area contributed by atoms with E-state index >= 15 is 0 Å². The number of rotatable bonds is 4. The van der Waals surface area contributed by atoms with E-state index in [2.05, 4.69) is 14.7 Å². The van der Waals surface area contributed by atoms with Gasteiger partial charge in [0.2, 0.25) is 0 Å². The van der Waals surface area contributed by atoms with E-state index in [4.69, 9.17) is 16.3 Å². The van der Waals surface area contributed by atoms with Crippen LogP contribution in [0.1, 0.15) is 5.56 Å². The molecule has 104 valence electrons. The molecule has 0 aliphatic rings. The summed E-state index contributed by atoms with van der Waals surface area (Å²) in [5.74, 6) is 0.862. The molecule has 2 aromatic rings. The van der Waals surface area contributed by atoms with Gasteiger partial charge in [0.15, 0.2) is 5.82 Å². The van der Waals surface area contributed by atoms with Crippen molar-refractivity contribution in [2.24, 2.45) is 0 Å². The number of esters is 1. The normalized spacial score (nSPS) is 10.2. The zero-order valence-electron chi connectivity index (χ0n) is 11.1. The summed E-state index contributed by atoms with van der Waals surface area (Å²) in [6, 6.07) is 7.30. The highest BCUT2D eigenvalue weighted by molar-refractivity contribution is 6.30. The number of nitrogens with zero attached hydrogens (tertiary/aromatic N) is 2. The maximum atomic E-state index is 11.2. The van der Waals surface area contributed by atoms with Gasteiger partial charge in [-0.3, -0.25) is 4.79 Å². The number of halogens is 1. The van der Waals surface area contributed by atoms with Crippen molar-refractivity contribution in [2.75, 3.05) is 14.2 Å². The standard InChI is InChI=1S/C14H13ClN2O3/c1-19-11-5-3-9(4-6-11)14-16-8-10(13(15)17-14)7-12(18)20-2/h3-6,8H,7H2,1-2H3. The quantitative estimate of drug-likeness (QED) is 0.640. The predicted octanol–water partition coefficient (Wildman–Crippen LogP) is 2.52. The summed E-state index contributed by atoms with van der Waals surface area (Å²) >= 11 is 6.06. The Hall–Kier alpha value is -2.14. The van der Waals surface area contributed by atoms with Crippen molar-refractivity contribution < 1.29 is 14.3 Å². The molecule has 5 nitrogen and oxygen atoms in total. The molecule has 0 fully saturated rings. The van der Waals surface area contributed by atoms with Gasteiger partial charge in [-0.25, -0.2) is 9.97 Å². The molecule has 0 N–H and O–H groups in total. The highest BCUT2D eigenvalue weighted by Gasteiger charge is 2.11. The van der Waals surface area contributed by atoms with Crippen LogP contribution in [0.25, 0.3) is 11.4 Å². The van der Waals surface area contributed by atoms with Gasteiger partial charge in [-0.05, 0) is 24.3 Å². The minimum absolute atomic E-state index is 0.0538. The van der Waals surface area contributed by atoms with E-state index in [9.17, 15) is 4.79 Å². The maximum Gasteiger partial charge on any atom is 0.310 e. The Bertz CT molecular complexity index is 614.